The molecule has 0 saturated carbocycles. The lowest BCUT2D eigenvalue weighted by Gasteiger charge is -2.40. The molecule has 3 rings (SSSR count). The lowest BCUT2D eigenvalue weighted by molar-refractivity contribution is -0.142. The molecule has 0 aliphatic heterocycles. The molecule has 1 amide bonds. The topological polar surface area (TPSA) is 66.4 Å². The second-order valence-corrected chi connectivity index (χ2v) is 6.38. The fraction of sp³-hybridized carbons (Fsp3) is 0.130. The first-order chi connectivity index (χ1) is 13.1. The number of carboxylic acid groups (broad SMARTS) is 1. The summed E-state index contributed by atoms with van der Waals surface area (Å²) in [5.74, 6) is -1.49. The molecule has 0 aliphatic carbocycles. The number of hydrogen-bond donors (Lipinski definition) is 2. The normalized spacial score (nSPS) is 12.2. The summed E-state index contributed by atoms with van der Waals surface area (Å²) < 4.78 is 0. The Morgan fingerprint density at radius 2 is 1.07 bits per heavy atom. The number of amides is 1. The van der Waals surface area contributed by atoms with Crippen molar-refractivity contribution in [3.63, 3.8) is 0 Å². The standard InChI is InChI=1S/C23H21NO3/c1-17(25)24-21(22(26)27)23(18-11-5-2-6-12-18,19-13-7-3-8-14-19)20-15-9-4-10-16-20/h2-16,21H,1H3,(H,24,25)(H,26,27)/t21-/m1/s1. The van der Waals surface area contributed by atoms with Crippen molar-refractivity contribution in [2.75, 3.05) is 0 Å². The van der Waals surface area contributed by atoms with Crippen LogP contribution in [0.4, 0.5) is 0 Å². The van der Waals surface area contributed by atoms with Crippen molar-refractivity contribution in [2.24, 2.45) is 0 Å². The van der Waals surface area contributed by atoms with Crippen molar-refractivity contribution in [3.8, 4) is 0 Å². The van der Waals surface area contributed by atoms with E-state index in [1.54, 1.807) is 0 Å². The van der Waals surface area contributed by atoms with Gasteiger partial charge in [-0.2, -0.15) is 0 Å². The summed E-state index contributed by atoms with van der Waals surface area (Å²) >= 11 is 0. The molecule has 0 bridgehead atoms. The van der Waals surface area contributed by atoms with Crippen molar-refractivity contribution in [1.82, 2.24) is 5.32 Å². The molecule has 136 valence electrons. The average molecular weight is 359 g/mol. The van der Waals surface area contributed by atoms with Crippen LogP contribution in [0.1, 0.15) is 23.6 Å². The molecule has 0 heterocycles. The summed E-state index contributed by atoms with van der Waals surface area (Å²) in [7, 11) is 0. The Bertz CT molecular complexity index is 811. The quantitative estimate of drug-likeness (QED) is 0.661. The lowest BCUT2D eigenvalue weighted by Crippen LogP contribution is -2.56. The summed E-state index contributed by atoms with van der Waals surface area (Å²) in [5.41, 5.74) is 1.30. The van der Waals surface area contributed by atoms with E-state index in [4.69, 9.17) is 0 Å². The molecule has 3 aromatic rings. The fourth-order valence-corrected chi connectivity index (χ4v) is 3.66. The first-order valence-corrected chi connectivity index (χ1v) is 8.73. The Kier molecular flexibility index (Phi) is 5.36. The van der Waals surface area contributed by atoms with E-state index in [1.165, 1.54) is 6.92 Å². The Balaban J connectivity index is 2.42. The summed E-state index contributed by atoms with van der Waals surface area (Å²) in [6, 6.07) is 27.2. The largest absolute Gasteiger partial charge is 0.480 e. The number of carbonyl (C=O) groups is 2. The SMILES string of the molecule is CC(=O)N[C@H](C(=O)O)C(c1ccccc1)(c1ccccc1)c1ccccc1. The van der Waals surface area contributed by atoms with E-state index in [2.05, 4.69) is 5.32 Å². The zero-order valence-corrected chi connectivity index (χ0v) is 15.0. The van der Waals surface area contributed by atoms with Gasteiger partial charge in [-0.15, -0.1) is 0 Å². The fourth-order valence-electron chi connectivity index (χ4n) is 3.66. The minimum Gasteiger partial charge on any atom is -0.480 e. The molecule has 0 aliphatic rings. The number of benzene rings is 3. The lowest BCUT2D eigenvalue weighted by atomic mass is 9.64. The van der Waals surface area contributed by atoms with Crippen LogP contribution in [0, 0.1) is 0 Å². The first kappa shape index (κ1) is 18.4. The van der Waals surface area contributed by atoms with Gasteiger partial charge in [0.05, 0.1) is 5.41 Å². The summed E-state index contributed by atoms with van der Waals surface area (Å²) in [6.07, 6.45) is 0. The highest BCUT2D eigenvalue weighted by molar-refractivity contribution is 5.86. The summed E-state index contributed by atoms with van der Waals surface area (Å²) in [6.45, 7) is 1.34. The highest BCUT2D eigenvalue weighted by Crippen LogP contribution is 2.42. The Labute approximate surface area is 158 Å². The zero-order chi connectivity index (χ0) is 19.3. The van der Waals surface area contributed by atoms with Crippen molar-refractivity contribution in [2.45, 2.75) is 18.4 Å². The third kappa shape index (κ3) is 3.47. The Morgan fingerprint density at radius 1 is 0.741 bits per heavy atom. The Morgan fingerprint density at radius 3 is 1.33 bits per heavy atom. The monoisotopic (exact) mass is 359 g/mol. The van der Waals surface area contributed by atoms with E-state index < -0.39 is 23.3 Å². The molecule has 2 N–H and O–H groups in total. The van der Waals surface area contributed by atoms with Crippen LogP contribution in [0.3, 0.4) is 0 Å². The van der Waals surface area contributed by atoms with Gasteiger partial charge in [-0.3, -0.25) is 4.79 Å². The van der Waals surface area contributed by atoms with Crippen LogP contribution in [0.5, 0.6) is 0 Å². The second-order valence-electron chi connectivity index (χ2n) is 6.38. The van der Waals surface area contributed by atoms with E-state index in [0.717, 1.165) is 16.7 Å². The first-order valence-electron chi connectivity index (χ1n) is 8.73. The van der Waals surface area contributed by atoms with Gasteiger partial charge in [-0.25, -0.2) is 4.79 Å². The molecule has 0 fully saturated rings. The van der Waals surface area contributed by atoms with Gasteiger partial charge in [0.2, 0.25) is 5.91 Å². The van der Waals surface area contributed by atoms with Gasteiger partial charge in [0.15, 0.2) is 0 Å². The van der Waals surface area contributed by atoms with Crippen LogP contribution in [0.15, 0.2) is 91.0 Å². The molecule has 0 unspecified atom stereocenters. The van der Waals surface area contributed by atoms with Crippen molar-refractivity contribution in [1.29, 1.82) is 0 Å². The molecule has 3 aromatic carbocycles. The minimum atomic E-state index is -1.18. The van der Waals surface area contributed by atoms with Crippen LogP contribution in [-0.2, 0) is 15.0 Å². The number of hydrogen-bond acceptors (Lipinski definition) is 2. The predicted molar refractivity (Wildman–Crippen MR) is 104 cm³/mol. The minimum absolute atomic E-state index is 0.394. The summed E-state index contributed by atoms with van der Waals surface area (Å²) in [4.78, 5) is 24.3. The van der Waals surface area contributed by atoms with Gasteiger partial charge in [0.25, 0.3) is 0 Å². The van der Waals surface area contributed by atoms with Crippen molar-refractivity contribution < 1.29 is 14.7 Å². The van der Waals surface area contributed by atoms with Gasteiger partial charge in [0.1, 0.15) is 6.04 Å². The molecular formula is C23H21NO3. The Hall–Kier alpha value is -3.40. The zero-order valence-electron chi connectivity index (χ0n) is 15.0. The van der Waals surface area contributed by atoms with Gasteiger partial charge in [0, 0.05) is 6.92 Å². The van der Waals surface area contributed by atoms with Crippen LogP contribution in [0.25, 0.3) is 0 Å². The number of aliphatic carboxylic acids is 1. The average Bonchev–Trinajstić information content (AvgIpc) is 2.70. The second kappa shape index (κ2) is 7.87. The van der Waals surface area contributed by atoms with Crippen molar-refractivity contribution in [3.05, 3.63) is 108 Å². The third-order valence-corrected chi connectivity index (χ3v) is 4.71. The van der Waals surface area contributed by atoms with Crippen LogP contribution >= 0.6 is 0 Å². The van der Waals surface area contributed by atoms with Gasteiger partial charge < -0.3 is 10.4 Å². The number of nitrogens with one attached hydrogen (secondary N) is 1. The van der Waals surface area contributed by atoms with E-state index in [1.807, 2.05) is 91.0 Å². The molecule has 0 spiro atoms. The highest BCUT2D eigenvalue weighted by atomic mass is 16.4. The molecule has 0 saturated heterocycles. The van der Waals surface area contributed by atoms with Crippen molar-refractivity contribution >= 4 is 11.9 Å². The maximum Gasteiger partial charge on any atom is 0.327 e. The molecule has 0 aromatic heterocycles. The van der Waals surface area contributed by atoms with Crippen LogP contribution in [0.2, 0.25) is 0 Å². The number of rotatable bonds is 6. The van der Waals surface area contributed by atoms with E-state index >= 15 is 0 Å². The molecule has 4 nitrogen and oxygen atoms in total. The van der Waals surface area contributed by atoms with E-state index in [0.29, 0.717) is 0 Å². The molecule has 27 heavy (non-hydrogen) atoms. The van der Waals surface area contributed by atoms with E-state index in [-0.39, 0.29) is 0 Å². The number of carboxylic acids is 1. The van der Waals surface area contributed by atoms with Crippen LogP contribution in [-0.4, -0.2) is 23.0 Å². The third-order valence-electron chi connectivity index (χ3n) is 4.71. The van der Waals surface area contributed by atoms with E-state index in [9.17, 15) is 14.7 Å². The summed E-state index contributed by atoms with van der Waals surface area (Å²) in [5, 5.41) is 12.8. The van der Waals surface area contributed by atoms with Gasteiger partial charge in [-0.1, -0.05) is 91.0 Å². The molecular weight excluding hydrogens is 338 g/mol. The number of carbonyl (C=O) groups excluding carboxylic acids is 1. The van der Waals surface area contributed by atoms with Crippen LogP contribution < -0.4 is 5.32 Å². The molecule has 1 atom stereocenters. The molecule has 4 heteroatoms. The highest BCUT2D eigenvalue weighted by Gasteiger charge is 2.48. The maximum atomic E-state index is 12.4. The van der Waals surface area contributed by atoms with Gasteiger partial charge in [-0.05, 0) is 16.7 Å². The maximum absolute atomic E-state index is 12.4. The molecule has 0 radical (unpaired) electrons. The van der Waals surface area contributed by atoms with Gasteiger partial charge >= 0.3 is 5.97 Å². The predicted octanol–water partition coefficient (Wildman–Crippen LogP) is 3.61. The smallest absolute Gasteiger partial charge is 0.327 e.